The molecule has 0 spiro atoms. The van der Waals surface area contributed by atoms with E-state index < -0.39 is 0 Å². The molecule has 1 aliphatic rings. The van der Waals surface area contributed by atoms with E-state index in [0.29, 0.717) is 0 Å². The largest absolute Gasteiger partial charge is 0.247 e. The molecule has 1 nitrogen and oxygen atoms in total. The molecule has 1 aromatic heterocycles. The zero-order chi connectivity index (χ0) is 20.1. The molecule has 1 heteroatoms. The van der Waals surface area contributed by atoms with E-state index in [1.807, 2.05) is 30.4 Å². The molecule has 2 aromatic rings. The topological polar surface area (TPSA) is 12.9 Å². The van der Waals surface area contributed by atoms with E-state index in [-0.39, 0.29) is 5.41 Å². The van der Waals surface area contributed by atoms with Gasteiger partial charge in [-0.25, -0.2) is 4.98 Å². The van der Waals surface area contributed by atoms with Crippen molar-refractivity contribution in [1.82, 2.24) is 4.98 Å². The second kappa shape index (κ2) is 8.06. The second-order valence-electron chi connectivity index (χ2n) is 6.78. The molecule has 1 aliphatic carbocycles. The highest BCUT2D eigenvalue weighted by Gasteiger charge is 2.42. The molecular formula is C27H25N. The van der Waals surface area contributed by atoms with Gasteiger partial charge in [0.25, 0.3) is 0 Å². The molecule has 1 unspecified atom stereocenters. The summed E-state index contributed by atoms with van der Waals surface area (Å²) in [5, 5.41) is 0. The van der Waals surface area contributed by atoms with Crippen molar-refractivity contribution in [3.8, 4) is 0 Å². The lowest BCUT2D eigenvalue weighted by atomic mass is 9.73. The maximum Gasteiger partial charge on any atom is 0.0757 e. The van der Waals surface area contributed by atoms with Gasteiger partial charge in [-0.1, -0.05) is 99.2 Å². The molecular weight excluding hydrogens is 338 g/mol. The summed E-state index contributed by atoms with van der Waals surface area (Å²) in [5.41, 5.74) is 7.06. The van der Waals surface area contributed by atoms with Gasteiger partial charge < -0.3 is 0 Å². The highest BCUT2D eigenvalue weighted by molar-refractivity contribution is 5.89. The molecule has 0 amide bonds. The minimum atomic E-state index is -0.344. The maximum absolute atomic E-state index is 4.96. The Kier molecular flexibility index (Phi) is 5.56. The number of pyridine rings is 1. The molecule has 3 rings (SSSR count). The minimum Gasteiger partial charge on any atom is -0.247 e. The van der Waals surface area contributed by atoms with Crippen molar-refractivity contribution in [3.63, 3.8) is 0 Å². The van der Waals surface area contributed by atoms with Crippen LogP contribution in [0.5, 0.6) is 0 Å². The van der Waals surface area contributed by atoms with E-state index in [1.54, 1.807) is 18.2 Å². The first-order chi connectivity index (χ1) is 13.6. The minimum absolute atomic E-state index is 0.344. The van der Waals surface area contributed by atoms with E-state index in [0.717, 1.165) is 33.7 Å². The van der Waals surface area contributed by atoms with E-state index in [2.05, 4.69) is 69.6 Å². The van der Waals surface area contributed by atoms with Crippen LogP contribution in [0.1, 0.15) is 35.0 Å². The monoisotopic (exact) mass is 363 g/mol. The summed E-state index contributed by atoms with van der Waals surface area (Å²) in [5.74, 6) is 0. The third kappa shape index (κ3) is 3.05. The van der Waals surface area contributed by atoms with Gasteiger partial charge in [-0.15, -0.1) is 0 Å². The number of hydrogen-bond acceptors (Lipinski definition) is 1. The van der Waals surface area contributed by atoms with Crippen LogP contribution in [-0.4, -0.2) is 4.98 Å². The third-order valence-electron chi connectivity index (χ3n) is 5.27. The molecule has 0 radical (unpaired) electrons. The fraction of sp³-hybridized carbons (Fsp3) is 0.0741. The predicted molar refractivity (Wildman–Crippen MR) is 123 cm³/mol. The smallest absolute Gasteiger partial charge is 0.0757 e. The van der Waals surface area contributed by atoms with Crippen molar-refractivity contribution in [1.29, 1.82) is 0 Å². The Labute approximate surface area is 168 Å². The van der Waals surface area contributed by atoms with E-state index in [4.69, 9.17) is 4.98 Å². The lowest BCUT2D eigenvalue weighted by molar-refractivity contribution is 0.704. The fourth-order valence-corrected chi connectivity index (χ4v) is 3.85. The normalized spacial score (nSPS) is 18.5. The van der Waals surface area contributed by atoms with Gasteiger partial charge in [0.1, 0.15) is 0 Å². The lowest BCUT2D eigenvalue weighted by Crippen LogP contribution is -2.23. The van der Waals surface area contributed by atoms with Crippen LogP contribution in [0.4, 0.5) is 0 Å². The number of fused-ring (bicyclic) bond motifs is 1. The Morgan fingerprint density at radius 3 is 2.18 bits per heavy atom. The predicted octanol–water partition coefficient (Wildman–Crippen LogP) is 6.93. The molecule has 1 aromatic carbocycles. The zero-order valence-electron chi connectivity index (χ0n) is 16.4. The first kappa shape index (κ1) is 19.3. The Balaban J connectivity index is 2.40. The highest BCUT2D eigenvalue weighted by Crippen LogP contribution is 2.51. The summed E-state index contributed by atoms with van der Waals surface area (Å²) in [6, 6.07) is 12.7. The van der Waals surface area contributed by atoms with Gasteiger partial charge in [0.2, 0.25) is 0 Å². The third-order valence-corrected chi connectivity index (χ3v) is 5.27. The molecule has 0 aliphatic heterocycles. The summed E-state index contributed by atoms with van der Waals surface area (Å²) in [4.78, 5) is 4.96. The van der Waals surface area contributed by atoms with Gasteiger partial charge in [-0.3, -0.25) is 0 Å². The molecule has 0 saturated carbocycles. The molecule has 0 bridgehead atoms. The van der Waals surface area contributed by atoms with Gasteiger partial charge in [0.05, 0.1) is 11.4 Å². The molecule has 0 saturated heterocycles. The molecule has 138 valence electrons. The summed E-state index contributed by atoms with van der Waals surface area (Å²) in [6.45, 7) is 17.9. The van der Waals surface area contributed by atoms with Gasteiger partial charge in [0.15, 0.2) is 0 Å². The van der Waals surface area contributed by atoms with Crippen molar-refractivity contribution in [2.45, 2.75) is 12.3 Å². The van der Waals surface area contributed by atoms with Crippen LogP contribution >= 0.6 is 0 Å². The van der Waals surface area contributed by atoms with E-state index in [1.165, 1.54) is 5.56 Å². The van der Waals surface area contributed by atoms with Crippen molar-refractivity contribution < 1.29 is 0 Å². The van der Waals surface area contributed by atoms with E-state index >= 15 is 0 Å². The zero-order valence-corrected chi connectivity index (χ0v) is 16.4. The van der Waals surface area contributed by atoms with Crippen LogP contribution in [0.15, 0.2) is 105 Å². The Morgan fingerprint density at radius 1 is 0.893 bits per heavy atom. The average molecular weight is 364 g/mol. The van der Waals surface area contributed by atoms with Crippen LogP contribution in [-0.2, 0) is 5.41 Å². The van der Waals surface area contributed by atoms with Gasteiger partial charge in [0, 0.05) is 16.6 Å². The lowest BCUT2D eigenvalue weighted by Gasteiger charge is -2.29. The average Bonchev–Trinajstić information content (AvgIpc) is 2.98. The first-order valence-corrected chi connectivity index (χ1v) is 9.31. The Hall–Kier alpha value is -3.45. The highest BCUT2D eigenvalue weighted by atomic mass is 14.7. The Morgan fingerprint density at radius 2 is 1.57 bits per heavy atom. The van der Waals surface area contributed by atoms with Crippen molar-refractivity contribution in [3.05, 3.63) is 133 Å². The number of allylic oxidation sites excluding steroid dienone is 8. The molecule has 28 heavy (non-hydrogen) atoms. The molecule has 1 heterocycles. The summed E-state index contributed by atoms with van der Waals surface area (Å²) in [6.07, 6.45) is 15.3. The number of rotatable bonds is 7. The quantitative estimate of drug-likeness (QED) is 0.486. The van der Waals surface area contributed by atoms with Crippen LogP contribution in [0, 0.1) is 0 Å². The standard InChI is InChI=1S/C27H25N/c1-6-10-15-20-19-24-26(28-25(20)9-4)22(8-3)23(18-11-7-2)27(24,5)21-16-13-12-14-17-21/h6-19H,1-4H2,5H3/b15-10-,18-11-. The molecule has 0 N–H and O–H groups in total. The van der Waals surface area contributed by atoms with Crippen LogP contribution in [0.2, 0.25) is 0 Å². The van der Waals surface area contributed by atoms with Crippen LogP contribution < -0.4 is 0 Å². The van der Waals surface area contributed by atoms with Crippen LogP contribution in [0.3, 0.4) is 0 Å². The summed E-state index contributed by atoms with van der Waals surface area (Å²) >= 11 is 0. The Bertz CT molecular complexity index is 1030. The SMILES string of the molecule is C=C/C=C\C1=C(C=C)c2nc(C=C)c(/C=C\C=C)cc2C1(C)c1ccccc1. The van der Waals surface area contributed by atoms with Gasteiger partial charge in [-0.05, 0) is 35.8 Å². The summed E-state index contributed by atoms with van der Waals surface area (Å²) in [7, 11) is 0. The number of aromatic nitrogens is 1. The van der Waals surface area contributed by atoms with E-state index in [9.17, 15) is 0 Å². The van der Waals surface area contributed by atoms with Gasteiger partial charge in [-0.2, -0.15) is 0 Å². The van der Waals surface area contributed by atoms with Gasteiger partial charge >= 0.3 is 0 Å². The number of benzene rings is 1. The molecule has 0 fully saturated rings. The number of nitrogens with zero attached hydrogens (tertiary/aromatic N) is 1. The van der Waals surface area contributed by atoms with Crippen molar-refractivity contribution in [2.75, 3.05) is 0 Å². The second-order valence-corrected chi connectivity index (χ2v) is 6.78. The summed E-state index contributed by atoms with van der Waals surface area (Å²) < 4.78 is 0. The number of hydrogen-bond donors (Lipinski definition) is 0. The molecule has 1 atom stereocenters. The van der Waals surface area contributed by atoms with Crippen molar-refractivity contribution >= 4 is 17.7 Å². The fourth-order valence-electron chi connectivity index (χ4n) is 3.85. The first-order valence-electron chi connectivity index (χ1n) is 9.31. The maximum atomic E-state index is 4.96. The van der Waals surface area contributed by atoms with Crippen LogP contribution in [0.25, 0.3) is 17.7 Å². The van der Waals surface area contributed by atoms with Crippen molar-refractivity contribution in [2.24, 2.45) is 0 Å².